The standard InChI is InChI=1S/C21H23N3O2/c1-15-4-6-16(7-5-15)11-19(25)24-10-8-21(14-24)12-18(21)20(26)23-17-3-2-9-22-13-17/h2-7,9,13,18H,8,10-12,14H2,1H3,(H,23,26)/t18-,21+/m0/s1. The summed E-state index contributed by atoms with van der Waals surface area (Å²) in [4.78, 5) is 31.0. The van der Waals surface area contributed by atoms with E-state index in [2.05, 4.69) is 10.3 Å². The number of anilines is 1. The van der Waals surface area contributed by atoms with Gasteiger partial charge in [0.05, 0.1) is 18.3 Å². The highest BCUT2D eigenvalue weighted by atomic mass is 16.2. The van der Waals surface area contributed by atoms with Crippen molar-refractivity contribution in [3.05, 3.63) is 59.9 Å². The number of carbonyl (C=O) groups excluding carboxylic acids is 2. The maximum absolute atomic E-state index is 12.6. The zero-order valence-electron chi connectivity index (χ0n) is 14.9. The third kappa shape index (κ3) is 3.34. The lowest BCUT2D eigenvalue weighted by Crippen LogP contribution is -2.31. The summed E-state index contributed by atoms with van der Waals surface area (Å²) in [5.41, 5.74) is 2.95. The molecule has 2 atom stereocenters. The van der Waals surface area contributed by atoms with Crippen LogP contribution in [-0.2, 0) is 16.0 Å². The van der Waals surface area contributed by atoms with Crippen LogP contribution in [-0.4, -0.2) is 34.8 Å². The first-order valence-corrected chi connectivity index (χ1v) is 9.10. The molecule has 1 saturated heterocycles. The number of hydrogen-bond donors (Lipinski definition) is 1. The molecule has 2 aromatic rings. The molecule has 134 valence electrons. The monoisotopic (exact) mass is 349 g/mol. The first-order valence-electron chi connectivity index (χ1n) is 9.10. The van der Waals surface area contributed by atoms with Crippen molar-refractivity contribution < 1.29 is 9.59 Å². The molecular formula is C21H23N3O2. The molecule has 2 amide bonds. The summed E-state index contributed by atoms with van der Waals surface area (Å²) in [5, 5.41) is 2.94. The minimum Gasteiger partial charge on any atom is -0.342 e. The molecule has 0 bridgehead atoms. The van der Waals surface area contributed by atoms with Crippen LogP contribution in [0.4, 0.5) is 5.69 Å². The zero-order chi connectivity index (χ0) is 18.1. The number of aromatic nitrogens is 1. The van der Waals surface area contributed by atoms with Crippen molar-refractivity contribution in [2.75, 3.05) is 18.4 Å². The maximum atomic E-state index is 12.6. The summed E-state index contributed by atoms with van der Waals surface area (Å²) < 4.78 is 0. The highest BCUT2D eigenvalue weighted by Gasteiger charge is 2.61. The Hall–Kier alpha value is -2.69. The topological polar surface area (TPSA) is 62.3 Å². The fourth-order valence-electron chi connectivity index (χ4n) is 3.94. The summed E-state index contributed by atoms with van der Waals surface area (Å²) in [7, 11) is 0. The van der Waals surface area contributed by atoms with Gasteiger partial charge < -0.3 is 10.2 Å². The van der Waals surface area contributed by atoms with E-state index in [9.17, 15) is 9.59 Å². The largest absolute Gasteiger partial charge is 0.342 e. The van der Waals surface area contributed by atoms with Gasteiger partial charge in [-0.2, -0.15) is 0 Å². The number of nitrogens with zero attached hydrogens (tertiary/aromatic N) is 2. The van der Waals surface area contributed by atoms with Crippen LogP contribution in [0.5, 0.6) is 0 Å². The van der Waals surface area contributed by atoms with Crippen molar-refractivity contribution in [3.63, 3.8) is 0 Å². The van der Waals surface area contributed by atoms with Gasteiger partial charge in [0.2, 0.25) is 11.8 Å². The number of nitrogens with one attached hydrogen (secondary N) is 1. The predicted octanol–water partition coefficient (Wildman–Crippen LogP) is 2.81. The van der Waals surface area contributed by atoms with E-state index in [1.807, 2.05) is 42.2 Å². The molecule has 2 fully saturated rings. The summed E-state index contributed by atoms with van der Waals surface area (Å²) in [6.45, 7) is 3.49. The van der Waals surface area contributed by atoms with Gasteiger partial charge in [-0.05, 0) is 37.5 Å². The molecule has 1 aliphatic heterocycles. The second-order valence-corrected chi connectivity index (χ2v) is 7.58. The molecule has 2 heterocycles. The number of pyridine rings is 1. The lowest BCUT2D eigenvalue weighted by atomic mass is 10.0. The molecule has 26 heavy (non-hydrogen) atoms. The first-order chi connectivity index (χ1) is 12.6. The van der Waals surface area contributed by atoms with E-state index in [-0.39, 0.29) is 23.1 Å². The van der Waals surface area contributed by atoms with Crippen molar-refractivity contribution in [3.8, 4) is 0 Å². The van der Waals surface area contributed by atoms with Gasteiger partial charge in [-0.1, -0.05) is 29.8 Å². The minimum atomic E-state index is -0.0186. The second kappa shape index (κ2) is 6.56. The number of amides is 2. The number of hydrogen-bond acceptors (Lipinski definition) is 3. The Kier molecular flexibility index (Phi) is 4.23. The predicted molar refractivity (Wildman–Crippen MR) is 99.5 cm³/mol. The molecule has 4 rings (SSSR count). The SMILES string of the molecule is Cc1ccc(CC(=O)N2CC[C@@]3(C[C@H]3C(=O)Nc3cccnc3)C2)cc1. The number of likely N-dealkylation sites (tertiary alicyclic amines) is 1. The van der Waals surface area contributed by atoms with Crippen molar-refractivity contribution in [2.24, 2.45) is 11.3 Å². The fourth-order valence-corrected chi connectivity index (χ4v) is 3.94. The van der Waals surface area contributed by atoms with Crippen LogP contribution in [0.2, 0.25) is 0 Å². The Balaban J connectivity index is 1.33. The number of rotatable bonds is 4. The van der Waals surface area contributed by atoms with Gasteiger partial charge in [-0.3, -0.25) is 14.6 Å². The highest BCUT2D eigenvalue weighted by molar-refractivity contribution is 5.95. The molecule has 1 saturated carbocycles. The Morgan fingerprint density at radius 2 is 2.08 bits per heavy atom. The lowest BCUT2D eigenvalue weighted by Gasteiger charge is -2.17. The van der Waals surface area contributed by atoms with Gasteiger partial charge in [0.1, 0.15) is 0 Å². The third-order valence-corrected chi connectivity index (χ3v) is 5.65. The van der Waals surface area contributed by atoms with Crippen molar-refractivity contribution in [1.29, 1.82) is 0 Å². The van der Waals surface area contributed by atoms with Crippen LogP contribution < -0.4 is 5.32 Å². The van der Waals surface area contributed by atoms with Crippen LogP contribution in [0.3, 0.4) is 0 Å². The molecule has 0 unspecified atom stereocenters. The maximum Gasteiger partial charge on any atom is 0.228 e. The van der Waals surface area contributed by atoms with E-state index in [1.54, 1.807) is 18.5 Å². The third-order valence-electron chi connectivity index (χ3n) is 5.65. The quantitative estimate of drug-likeness (QED) is 0.923. The van der Waals surface area contributed by atoms with Crippen LogP contribution in [0.25, 0.3) is 0 Å². The summed E-state index contributed by atoms with van der Waals surface area (Å²) >= 11 is 0. The molecule has 1 N–H and O–H groups in total. The van der Waals surface area contributed by atoms with Crippen LogP contribution in [0.15, 0.2) is 48.8 Å². The molecule has 5 heteroatoms. The van der Waals surface area contributed by atoms with Crippen molar-refractivity contribution in [1.82, 2.24) is 9.88 Å². The molecular weight excluding hydrogens is 326 g/mol. The van der Waals surface area contributed by atoms with E-state index in [0.717, 1.165) is 30.6 Å². The fraction of sp³-hybridized carbons (Fsp3) is 0.381. The summed E-state index contributed by atoms with van der Waals surface area (Å²) in [6, 6.07) is 11.7. The minimum absolute atomic E-state index is 0.000110. The van der Waals surface area contributed by atoms with Crippen LogP contribution >= 0.6 is 0 Å². The Morgan fingerprint density at radius 1 is 1.27 bits per heavy atom. The molecule has 5 nitrogen and oxygen atoms in total. The number of carbonyl (C=O) groups is 2. The lowest BCUT2D eigenvalue weighted by molar-refractivity contribution is -0.129. The van der Waals surface area contributed by atoms with Gasteiger partial charge >= 0.3 is 0 Å². The smallest absolute Gasteiger partial charge is 0.228 e. The van der Waals surface area contributed by atoms with Crippen molar-refractivity contribution >= 4 is 17.5 Å². The molecule has 0 radical (unpaired) electrons. The van der Waals surface area contributed by atoms with Gasteiger partial charge in [0, 0.05) is 30.6 Å². The second-order valence-electron chi connectivity index (χ2n) is 7.58. The average molecular weight is 349 g/mol. The molecule has 1 aromatic heterocycles. The highest BCUT2D eigenvalue weighted by Crippen LogP contribution is 2.58. The molecule has 1 spiro atoms. The Bertz CT molecular complexity index is 819. The van der Waals surface area contributed by atoms with E-state index in [1.165, 1.54) is 5.56 Å². The summed E-state index contributed by atoms with van der Waals surface area (Å²) in [6.07, 6.45) is 5.55. The molecule has 2 aliphatic rings. The zero-order valence-corrected chi connectivity index (χ0v) is 14.9. The Morgan fingerprint density at radius 3 is 2.81 bits per heavy atom. The van der Waals surface area contributed by atoms with Gasteiger partial charge in [0.25, 0.3) is 0 Å². The van der Waals surface area contributed by atoms with Crippen molar-refractivity contribution in [2.45, 2.75) is 26.2 Å². The van der Waals surface area contributed by atoms with Gasteiger partial charge in [0.15, 0.2) is 0 Å². The number of aryl methyl sites for hydroxylation is 1. The first kappa shape index (κ1) is 16.8. The average Bonchev–Trinajstić information content (AvgIpc) is 3.18. The van der Waals surface area contributed by atoms with Gasteiger partial charge in [-0.15, -0.1) is 0 Å². The van der Waals surface area contributed by atoms with Crippen LogP contribution in [0.1, 0.15) is 24.0 Å². The van der Waals surface area contributed by atoms with E-state index >= 15 is 0 Å². The molecule has 1 aliphatic carbocycles. The molecule has 1 aromatic carbocycles. The Labute approximate surface area is 153 Å². The normalized spacial score (nSPS) is 23.9. The van der Waals surface area contributed by atoms with Gasteiger partial charge in [-0.25, -0.2) is 0 Å². The number of benzene rings is 1. The van der Waals surface area contributed by atoms with Crippen LogP contribution in [0, 0.1) is 18.3 Å². The van der Waals surface area contributed by atoms with E-state index in [0.29, 0.717) is 13.0 Å². The van der Waals surface area contributed by atoms with E-state index < -0.39 is 0 Å². The van der Waals surface area contributed by atoms with E-state index in [4.69, 9.17) is 0 Å². The summed E-state index contributed by atoms with van der Waals surface area (Å²) in [5.74, 6) is 0.203.